The predicted molar refractivity (Wildman–Crippen MR) is 84.2 cm³/mol. The van der Waals surface area contributed by atoms with E-state index < -0.39 is 5.79 Å². The largest absolute Gasteiger partial charge is 0.396 e. The van der Waals surface area contributed by atoms with Crippen molar-refractivity contribution in [3.05, 3.63) is 34.9 Å². The van der Waals surface area contributed by atoms with E-state index in [4.69, 9.17) is 21.4 Å². The van der Waals surface area contributed by atoms with Crippen molar-refractivity contribution in [2.45, 2.75) is 63.3 Å². The third kappa shape index (κ3) is 4.96. The van der Waals surface area contributed by atoms with Crippen molar-refractivity contribution in [1.82, 2.24) is 0 Å². The van der Waals surface area contributed by atoms with Crippen molar-refractivity contribution in [3.63, 3.8) is 0 Å². The molecule has 4 heteroatoms. The molecule has 3 nitrogen and oxygen atoms in total. The zero-order valence-corrected chi connectivity index (χ0v) is 13.2. The van der Waals surface area contributed by atoms with Crippen LogP contribution < -0.4 is 0 Å². The summed E-state index contributed by atoms with van der Waals surface area (Å²) < 4.78 is 6.08. The summed E-state index contributed by atoms with van der Waals surface area (Å²) in [6.07, 6.45) is 6.67. The second kappa shape index (κ2) is 8.14. The quantitative estimate of drug-likeness (QED) is 0.585. The molecule has 1 unspecified atom stereocenters. The Balaban J connectivity index is 2.10. The van der Waals surface area contributed by atoms with Gasteiger partial charge in [-0.15, -0.1) is 0 Å². The number of halogens is 1. The molecule has 1 aliphatic rings. The number of aliphatic hydroxyl groups excluding tert-OH is 1. The molecule has 0 bridgehead atoms. The van der Waals surface area contributed by atoms with Crippen LogP contribution in [0.2, 0.25) is 5.02 Å². The summed E-state index contributed by atoms with van der Waals surface area (Å²) in [5, 5.41) is 20.3. The number of unbranched alkanes of at least 4 members (excludes halogenated alkanes) is 1. The van der Waals surface area contributed by atoms with Gasteiger partial charge in [0.25, 0.3) is 0 Å². The molecule has 1 atom stereocenters. The lowest BCUT2D eigenvalue weighted by Crippen LogP contribution is -2.36. The predicted octanol–water partition coefficient (Wildman–Crippen LogP) is 4.21. The molecule has 1 saturated carbocycles. The summed E-state index contributed by atoms with van der Waals surface area (Å²) in [4.78, 5) is 0. The lowest BCUT2D eigenvalue weighted by atomic mass is 9.93. The Morgan fingerprint density at radius 3 is 2.52 bits per heavy atom. The zero-order valence-electron chi connectivity index (χ0n) is 12.4. The van der Waals surface area contributed by atoms with E-state index in [9.17, 15) is 5.11 Å². The Bertz CT molecular complexity index is 430. The van der Waals surface area contributed by atoms with Crippen molar-refractivity contribution in [2.75, 3.05) is 6.61 Å². The molecule has 1 aromatic rings. The van der Waals surface area contributed by atoms with Gasteiger partial charge in [0, 0.05) is 24.5 Å². The summed E-state index contributed by atoms with van der Waals surface area (Å²) in [5.74, 6) is -1.03. The van der Waals surface area contributed by atoms with Crippen molar-refractivity contribution < 1.29 is 14.9 Å². The third-order valence-corrected chi connectivity index (χ3v) is 4.47. The van der Waals surface area contributed by atoms with E-state index in [0.29, 0.717) is 17.9 Å². The van der Waals surface area contributed by atoms with Gasteiger partial charge in [-0.25, -0.2) is 0 Å². The Kier molecular flexibility index (Phi) is 6.49. The zero-order chi connectivity index (χ0) is 15.1. The summed E-state index contributed by atoms with van der Waals surface area (Å²) in [6, 6.07) is 7.64. The first-order valence-electron chi connectivity index (χ1n) is 7.90. The summed E-state index contributed by atoms with van der Waals surface area (Å²) in [6.45, 7) is 0.180. The molecule has 1 aromatic carbocycles. The highest BCUT2D eigenvalue weighted by molar-refractivity contribution is 6.31. The van der Waals surface area contributed by atoms with Crippen LogP contribution in [0.25, 0.3) is 0 Å². The average Bonchev–Trinajstić information content (AvgIpc) is 2.48. The van der Waals surface area contributed by atoms with Gasteiger partial charge in [0.1, 0.15) is 0 Å². The molecular formula is C17H25ClO3. The van der Waals surface area contributed by atoms with Crippen LogP contribution in [0.5, 0.6) is 0 Å². The fourth-order valence-corrected chi connectivity index (χ4v) is 3.20. The van der Waals surface area contributed by atoms with E-state index in [-0.39, 0.29) is 12.7 Å². The molecular weight excluding hydrogens is 288 g/mol. The van der Waals surface area contributed by atoms with E-state index in [1.165, 1.54) is 0 Å². The van der Waals surface area contributed by atoms with Gasteiger partial charge in [-0.1, -0.05) is 36.2 Å². The minimum absolute atomic E-state index is 0.180. The van der Waals surface area contributed by atoms with E-state index in [0.717, 1.165) is 44.1 Å². The van der Waals surface area contributed by atoms with Crippen LogP contribution in [0.4, 0.5) is 0 Å². The molecule has 0 aliphatic heterocycles. The average molecular weight is 313 g/mol. The van der Waals surface area contributed by atoms with E-state index in [1.807, 2.05) is 24.3 Å². The highest BCUT2D eigenvalue weighted by atomic mass is 35.5. The van der Waals surface area contributed by atoms with Crippen LogP contribution in [0.1, 0.15) is 63.0 Å². The van der Waals surface area contributed by atoms with Gasteiger partial charge in [0.05, 0.1) is 6.10 Å². The van der Waals surface area contributed by atoms with Crippen LogP contribution in [-0.2, 0) is 4.74 Å². The Morgan fingerprint density at radius 1 is 1.14 bits per heavy atom. The second-order valence-corrected chi connectivity index (χ2v) is 6.26. The molecule has 0 aromatic heterocycles. The Labute approximate surface area is 131 Å². The van der Waals surface area contributed by atoms with Crippen molar-refractivity contribution in [1.29, 1.82) is 0 Å². The van der Waals surface area contributed by atoms with Crippen molar-refractivity contribution in [3.8, 4) is 0 Å². The lowest BCUT2D eigenvalue weighted by Gasteiger charge is -2.36. The van der Waals surface area contributed by atoms with Gasteiger partial charge in [0.2, 0.25) is 0 Å². The molecule has 0 spiro atoms. The van der Waals surface area contributed by atoms with Crippen LogP contribution in [0.15, 0.2) is 24.3 Å². The fourth-order valence-electron chi connectivity index (χ4n) is 2.94. The van der Waals surface area contributed by atoms with Crippen LogP contribution in [0, 0.1) is 0 Å². The Hall–Kier alpha value is -0.610. The summed E-state index contributed by atoms with van der Waals surface area (Å²) >= 11 is 6.28. The minimum Gasteiger partial charge on any atom is -0.396 e. The van der Waals surface area contributed by atoms with Gasteiger partial charge in [-0.05, 0) is 43.7 Å². The first-order valence-corrected chi connectivity index (χ1v) is 8.28. The van der Waals surface area contributed by atoms with Gasteiger partial charge in [-0.2, -0.15) is 0 Å². The molecule has 0 heterocycles. The standard InChI is InChI=1S/C17H25ClO3/c18-15-9-3-2-8-14(15)16(10-4-7-13-19)21-17(20)11-5-1-6-12-17/h2-3,8-9,16,19-20H,1,4-7,10-13H2. The normalized spacial score (nSPS) is 19.4. The van der Waals surface area contributed by atoms with Crippen LogP contribution in [0.3, 0.4) is 0 Å². The molecule has 1 aliphatic carbocycles. The maximum absolute atomic E-state index is 10.6. The SMILES string of the molecule is OCCCCC(OC1(O)CCCCC1)c1ccccc1Cl. The fraction of sp³-hybridized carbons (Fsp3) is 0.647. The molecule has 118 valence electrons. The minimum atomic E-state index is -1.03. The summed E-state index contributed by atoms with van der Waals surface area (Å²) in [5.41, 5.74) is 0.927. The highest BCUT2D eigenvalue weighted by Crippen LogP contribution is 2.38. The van der Waals surface area contributed by atoms with E-state index in [1.54, 1.807) is 0 Å². The third-order valence-electron chi connectivity index (χ3n) is 4.12. The van der Waals surface area contributed by atoms with Crippen LogP contribution in [-0.4, -0.2) is 22.6 Å². The van der Waals surface area contributed by atoms with Gasteiger partial charge in [-0.3, -0.25) is 0 Å². The second-order valence-electron chi connectivity index (χ2n) is 5.85. The maximum Gasteiger partial charge on any atom is 0.166 e. The molecule has 2 N–H and O–H groups in total. The van der Waals surface area contributed by atoms with E-state index >= 15 is 0 Å². The number of hydrogen-bond acceptors (Lipinski definition) is 3. The number of benzene rings is 1. The summed E-state index contributed by atoms with van der Waals surface area (Å²) in [7, 11) is 0. The molecule has 2 rings (SSSR count). The molecule has 0 saturated heterocycles. The lowest BCUT2D eigenvalue weighted by molar-refractivity contribution is -0.248. The number of ether oxygens (including phenoxy) is 1. The maximum atomic E-state index is 10.6. The van der Waals surface area contributed by atoms with Crippen molar-refractivity contribution in [2.24, 2.45) is 0 Å². The molecule has 0 amide bonds. The van der Waals surface area contributed by atoms with Gasteiger partial charge < -0.3 is 14.9 Å². The number of aliphatic hydroxyl groups is 2. The topological polar surface area (TPSA) is 49.7 Å². The molecule has 0 radical (unpaired) electrons. The molecule has 1 fully saturated rings. The van der Waals surface area contributed by atoms with Crippen LogP contribution >= 0.6 is 11.6 Å². The Morgan fingerprint density at radius 2 is 1.86 bits per heavy atom. The van der Waals surface area contributed by atoms with Gasteiger partial charge in [0.15, 0.2) is 5.79 Å². The smallest absolute Gasteiger partial charge is 0.166 e. The van der Waals surface area contributed by atoms with Crippen molar-refractivity contribution >= 4 is 11.6 Å². The van der Waals surface area contributed by atoms with Gasteiger partial charge >= 0.3 is 0 Å². The monoisotopic (exact) mass is 312 g/mol. The first kappa shape index (κ1) is 16.8. The number of hydrogen-bond donors (Lipinski definition) is 2. The number of rotatable bonds is 7. The first-order chi connectivity index (χ1) is 10.1. The molecule has 21 heavy (non-hydrogen) atoms. The van der Waals surface area contributed by atoms with E-state index in [2.05, 4.69) is 0 Å². The highest BCUT2D eigenvalue weighted by Gasteiger charge is 2.33.